The maximum atomic E-state index is 12.8. The molecule has 0 spiro atoms. The third-order valence-electron chi connectivity index (χ3n) is 8.00. The molecule has 4 fully saturated rings. The van der Waals surface area contributed by atoms with Crippen LogP contribution in [0.4, 0.5) is 11.4 Å². The number of carbonyl (C=O) groups is 2. The molecule has 4 saturated heterocycles. The molecule has 0 saturated carbocycles. The number of benzene rings is 1. The van der Waals surface area contributed by atoms with Crippen molar-refractivity contribution in [1.29, 1.82) is 0 Å². The van der Waals surface area contributed by atoms with Gasteiger partial charge < -0.3 is 16.0 Å². The van der Waals surface area contributed by atoms with Crippen molar-refractivity contribution in [3.8, 4) is 0 Å². The van der Waals surface area contributed by atoms with Crippen molar-refractivity contribution in [2.45, 2.75) is 63.4 Å². The minimum absolute atomic E-state index is 0.00326. The zero-order valence-electron chi connectivity index (χ0n) is 20.5. The number of primary amides is 1. The fourth-order valence-electron chi connectivity index (χ4n) is 6.04. The largest absolute Gasteiger partial charge is 0.372 e. The predicted molar refractivity (Wildman–Crippen MR) is 136 cm³/mol. The van der Waals surface area contributed by atoms with Crippen LogP contribution in [0, 0.1) is 11.8 Å². The van der Waals surface area contributed by atoms with Gasteiger partial charge in [-0.1, -0.05) is 12.8 Å². The number of anilines is 2. The van der Waals surface area contributed by atoms with E-state index in [-0.39, 0.29) is 36.2 Å². The van der Waals surface area contributed by atoms with Crippen LogP contribution in [0.15, 0.2) is 24.3 Å². The van der Waals surface area contributed by atoms with E-state index in [0.29, 0.717) is 18.9 Å². The second kappa shape index (κ2) is 11.1. The Hall–Kier alpha value is -2.40. The number of fused-ring (bicyclic) bond motifs is 1. The van der Waals surface area contributed by atoms with Crippen LogP contribution in [-0.2, 0) is 9.59 Å². The third-order valence-corrected chi connectivity index (χ3v) is 8.00. The van der Waals surface area contributed by atoms with E-state index in [4.69, 9.17) is 5.73 Å². The number of nitrogens with one attached hydrogen (secondary N) is 5. The van der Waals surface area contributed by atoms with Crippen LogP contribution >= 0.6 is 0 Å². The van der Waals surface area contributed by atoms with Crippen molar-refractivity contribution >= 4 is 23.2 Å². The molecule has 1 aromatic rings. The molecule has 0 aliphatic carbocycles. The smallest absolute Gasteiger partial charge is 0.242 e. The average molecular weight is 485 g/mol. The first-order valence-electron chi connectivity index (χ1n) is 13.3. The van der Waals surface area contributed by atoms with E-state index in [0.717, 1.165) is 44.7 Å². The van der Waals surface area contributed by atoms with E-state index in [9.17, 15) is 9.59 Å². The summed E-state index contributed by atoms with van der Waals surface area (Å²) in [7, 11) is 0. The van der Waals surface area contributed by atoms with Gasteiger partial charge in [-0.15, -0.1) is 0 Å². The van der Waals surface area contributed by atoms with Gasteiger partial charge in [-0.25, -0.2) is 5.43 Å². The van der Waals surface area contributed by atoms with Gasteiger partial charge in [0.05, 0.1) is 12.1 Å². The van der Waals surface area contributed by atoms with E-state index in [1.807, 2.05) is 0 Å². The van der Waals surface area contributed by atoms with Gasteiger partial charge in [0.2, 0.25) is 11.8 Å². The fourth-order valence-corrected chi connectivity index (χ4v) is 6.04. The molecule has 0 bridgehead atoms. The van der Waals surface area contributed by atoms with Crippen molar-refractivity contribution < 1.29 is 9.59 Å². The Labute approximate surface area is 207 Å². The summed E-state index contributed by atoms with van der Waals surface area (Å²) in [5, 5.41) is 11.0. The molecule has 4 heterocycles. The summed E-state index contributed by atoms with van der Waals surface area (Å²) >= 11 is 0. The predicted octanol–water partition coefficient (Wildman–Crippen LogP) is 0.488. The zero-order chi connectivity index (χ0) is 24.2. The molecule has 10 nitrogen and oxygen atoms in total. The molecule has 0 radical (unpaired) electrons. The minimum Gasteiger partial charge on any atom is -0.372 e. The first-order chi connectivity index (χ1) is 17.1. The van der Waals surface area contributed by atoms with E-state index in [2.05, 4.69) is 60.9 Å². The molecular weight excluding hydrogens is 444 g/mol. The normalized spacial score (nSPS) is 30.7. The monoisotopic (exact) mass is 484 g/mol. The number of piperidine rings is 1. The molecule has 4 aliphatic heterocycles. The van der Waals surface area contributed by atoms with Gasteiger partial charge in [-0.2, -0.15) is 0 Å². The molecule has 35 heavy (non-hydrogen) atoms. The Morgan fingerprint density at radius 1 is 1.00 bits per heavy atom. The lowest BCUT2D eigenvalue weighted by atomic mass is 9.91. The first kappa shape index (κ1) is 24.3. The lowest BCUT2D eigenvalue weighted by molar-refractivity contribution is -0.132. The Kier molecular flexibility index (Phi) is 7.72. The van der Waals surface area contributed by atoms with Crippen molar-refractivity contribution in [2.75, 3.05) is 42.9 Å². The van der Waals surface area contributed by atoms with Crippen molar-refractivity contribution in [2.24, 2.45) is 17.6 Å². The number of nitrogens with two attached hydrogens (primary N) is 1. The fraction of sp³-hybridized carbons (Fsp3) is 0.680. The SMILES string of the molecule is NC(=O)CC1CCN(c2ccc(NC3NC(N4CCCCCC4)NC4CNNC(=O)C43)cc2)CC1. The zero-order valence-corrected chi connectivity index (χ0v) is 20.5. The minimum atomic E-state index is -0.219. The van der Waals surface area contributed by atoms with Gasteiger partial charge in [0.15, 0.2) is 0 Å². The highest BCUT2D eigenvalue weighted by atomic mass is 16.2. The summed E-state index contributed by atoms with van der Waals surface area (Å²) in [5.74, 6) is -0.0167. The Morgan fingerprint density at radius 3 is 2.40 bits per heavy atom. The second-order valence-corrected chi connectivity index (χ2v) is 10.5. The average Bonchev–Trinajstić information content (AvgIpc) is 3.14. The molecule has 4 atom stereocenters. The Bertz CT molecular complexity index is 865. The summed E-state index contributed by atoms with van der Waals surface area (Å²) in [5.41, 5.74) is 13.4. The van der Waals surface area contributed by atoms with Crippen molar-refractivity contribution in [3.05, 3.63) is 24.3 Å². The number of amides is 2. The van der Waals surface area contributed by atoms with Crippen LogP contribution in [-0.4, -0.2) is 67.9 Å². The van der Waals surface area contributed by atoms with Gasteiger partial charge in [0, 0.05) is 56.6 Å². The van der Waals surface area contributed by atoms with Crippen LogP contribution < -0.4 is 37.4 Å². The molecule has 2 amide bonds. The molecule has 192 valence electrons. The number of hydrogen-bond acceptors (Lipinski definition) is 8. The highest BCUT2D eigenvalue weighted by Crippen LogP contribution is 2.27. The molecule has 4 unspecified atom stereocenters. The molecular formula is C25H40N8O2. The van der Waals surface area contributed by atoms with Crippen LogP contribution in [0.2, 0.25) is 0 Å². The number of carbonyl (C=O) groups excluding carboxylic acids is 2. The third kappa shape index (κ3) is 5.88. The Morgan fingerprint density at radius 2 is 1.71 bits per heavy atom. The van der Waals surface area contributed by atoms with E-state index < -0.39 is 0 Å². The highest BCUT2D eigenvalue weighted by molar-refractivity contribution is 5.81. The summed E-state index contributed by atoms with van der Waals surface area (Å²) < 4.78 is 0. The van der Waals surface area contributed by atoms with Crippen LogP contribution in [0.3, 0.4) is 0 Å². The molecule has 4 aliphatic rings. The standard InChI is InChI=1S/C25H40N8O2/c26-21(34)15-17-9-13-32(14-10-17)19-7-5-18(6-8-19)28-23-22-20(16-27-31-24(22)35)29-25(30-23)33-11-3-1-2-4-12-33/h5-8,17,20,22-23,25,27-30H,1-4,9-16H2,(H2,26,34)(H,31,35). The topological polar surface area (TPSA) is 127 Å². The number of rotatable bonds is 6. The molecule has 10 heteroatoms. The van der Waals surface area contributed by atoms with Gasteiger partial charge in [-0.3, -0.25) is 30.5 Å². The maximum Gasteiger partial charge on any atom is 0.242 e. The van der Waals surface area contributed by atoms with Gasteiger partial charge in [-0.05, 0) is 55.9 Å². The summed E-state index contributed by atoms with van der Waals surface area (Å²) in [6.07, 6.45) is 7.35. The van der Waals surface area contributed by atoms with Gasteiger partial charge in [0.25, 0.3) is 0 Å². The summed E-state index contributed by atoms with van der Waals surface area (Å²) in [4.78, 5) is 28.8. The van der Waals surface area contributed by atoms with Crippen LogP contribution in [0.1, 0.15) is 44.9 Å². The summed E-state index contributed by atoms with van der Waals surface area (Å²) in [6.45, 7) is 4.72. The number of hydrazine groups is 1. The van der Waals surface area contributed by atoms with Gasteiger partial charge >= 0.3 is 0 Å². The van der Waals surface area contributed by atoms with E-state index in [1.54, 1.807) is 0 Å². The van der Waals surface area contributed by atoms with Crippen LogP contribution in [0.25, 0.3) is 0 Å². The number of hydrogen-bond donors (Lipinski definition) is 6. The van der Waals surface area contributed by atoms with Crippen LogP contribution in [0.5, 0.6) is 0 Å². The molecule has 5 rings (SSSR count). The Balaban J connectivity index is 1.24. The number of nitrogens with zero attached hydrogens (tertiary/aromatic N) is 2. The molecule has 7 N–H and O–H groups in total. The maximum absolute atomic E-state index is 12.8. The van der Waals surface area contributed by atoms with Crippen molar-refractivity contribution in [1.82, 2.24) is 26.4 Å². The molecule has 1 aromatic carbocycles. The lowest BCUT2D eigenvalue weighted by Gasteiger charge is -2.48. The number of likely N-dealkylation sites (tertiary alicyclic amines) is 1. The quantitative estimate of drug-likeness (QED) is 0.344. The highest BCUT2D eigenvalue weighted by Gasteiger charge is 2.44. The second-order valence-electron chi connectivity index (χ2n) is 10.5. The summed E-state index contributed by atoms with van der Waals surface area (Å²) in [6, 6.07) is 8.54. The van der Waals surface area contributed by atoms with E-state index >= 15 is 0 Å². The van der Waals surface area contributed by atoms with Crippen molar-refractivity contribution in [3.63, 3.8) is 0 Å². The molecule has 0 aromatic heterocycles. The van der Waals surface area contributed by atoms with Gasteiger partial charge in [0.1, 0.15) is 6.29 Å². The first-order valence-corrected chi connectivity index (χ1v) is 13.3. The lowest BCUT2D eigenvalue weighted by Crippen LogP contribution is -2.76. The van der Waals surface area contributed by atoms with E-state index in [1.165, 1.54) is 31.4 Å².